The minimum atomic E-state index is -0.538. The van der Waals surface area contributed by atoms with Crippen LogP contribution in [0.25, 0.3) is 10.2 Å². The van der Waals surface area contributed by atoms with E-state index in [1.165, 1.54) is 15.9 Å². The van der Waals surface area contributed by atoms with Crippen molar-refractivity contribution in [2.75, 3.05) is 19.0 Å². The van der Waals surface area contributed by atoms with Crippen molar-refractivity contribution in [1.29, 1.82) is 0 Å². The lowest BCUT2D eigenvalue weighted by atomic mass is 10.2. The highest BCUT2D eigenvalue weighted by Gasteiger charge is 2.17. The van der Waals surface area contributed by atoms with Gasteiger partial charge in [0.25, 0.3) is 5.56 Å². The molecule has 0 spiro atoms. The van der Waals surface area contributed by atoms with Crippen LogP contribution in [0.15, 0.2) is 69.6 Å². The van der Waals surface area contributed by atoms with Gasteiger partial charge >= 0.3 is 5.69 Å². The number of benzene rings is 2. The molecule has 8 nitrogen and oxygen atoms in total. The zero-order valence-electron chi connectivity index (χ0n) is 18.2. The zero-order valence-corrected chi connectivity index (χ0v) is 19.1. The van der Waals surface area contributed by atoms with E-state index >= 15 is 0 Å². The van der Waals surface area contributed by atoms with Gasteiger partial charge in [0.1, 0.15) is 22.7 Å². The minimum absolute atomic E-state index is 0.0933. The summed E-state index contributed by atoms with van der Waals surface area (Å²) < 4.78 is 13.5. The SMILES string of the molecule is CCOc1ccc(NC(=O)Cn2c(=O)n(Cc3ccc(OC)cc3)c(=O)c3sccc32)cc1. The molecule has 0 saturated heterocycles. The third-order valence-corrected chi connectivity index (χ3v) is 5.98. The van der Waals surface area contributed by atoms with Gasteiger partial charge in [0.2, 0.25) is 5.91 Å². The lowest BCUT2D eigenvalue weighted by molar-refractivity contribution is -0.116. The summed E-state index contributed by atoms with van der Waals surface area (Å²) in [5, 5.41) is 4.53. The van der Waals surface area contributed by atoms with Gasteiger partial charge in [-0.05, 0) is 60.3 Å². The summed E-state index contributed by atoms with van der Waals surface area (Å²) in [5.74, 6) is 1.02. The first-order valence-corrected chi connectivity index (χ1v) is 11.2. The van der Waals surface area contributed by atoms with Crippen LogP contribution in [0.4, 0.5) is 5.69 Å². The summed E-state index contributed by atoms with van der Waals surface area (Å²) in [7, 11) is 1.57. The molecule has 1 amide bonds. The molecule has 0 unspecified atom stereocenters. The number of hydrogen-bond acceptors (Lipinski definition) is 6. The van der Waals surface area contributed by atoms with Crippen LogP contribution < -0.4 is 26.0 Å². The van der Waals surface area contributed by atoms with Crippen molar-refractivity contribution in [3.05, 3.63) is 86.4 Å². The largest absolute Gasteiger partial charge is 0.497 e. The molecule has 9 heteroatoms. The fraction of sp³-hybridized carbons (Fsp3) is 0.208. The van der Waals surface area contributed by atoms with E-state index in [1.54, 1.807) is 67.1 Å². The number of thiophene rings is 1. The molecule has 0 saturated carbocycles. The minimum Gasteiger partial charge on any atom is -0.497 e. The third kappa shape index (κ3) is 4.83. The number of rotatable bonds is 8. The third-order valence-electron chi connectivity index (χ3n) is 5.09. The van der Waals surface area contributed by atoms with E-state index in [0.29, 0.717) is 34.0 Å². The average Bonchev–Trinajstić information content (AvgIpc) is 3.31. The molecule has 2 aromatic carbocycles. The van der Waals surface area contributed by atoms with Gasteiger partial charge < -0.3 is 14.8 Å². The molecule has 0 aliphatic carbocycles. The smallest absolute Gasteiger partial charge is 0.332 e. The molecule has 0 bridgehead atoms. The number of methoxy groups -OCH3 is 1. The molecule has 2 aromatic heterocycles. The maximum absolute atomic E-state index is 13.2. The van der Waals surface area contributed by atoms with Gasteiger partial charge in [-0.15, -0.1) is 11.3 Å². The number of carbonyl (C=O) groups excluding carboxylic acids is 1. The molecule has 0 radical (unpaired) electrons. The monoisotopic (exact) mass is 465 g/mol. The number of aromatic nitrogens is 2. The van der Waals surface area contributed by atoms with E-state index in [4.69, 9.17) is 9.47 Å². The molecule has 0 aliphatic rings. The molecule has 33 heavy (non-hydrogen) atoms. The number of anilines is 1. The number of nitrogens with zero attached hydrogens (tertiary/aromatic N) is 2. The van der Waals surface area contributed by atoms with Crippen LogP contribution in [-0.4, -0.2) is 28.8 Å². The molecule has 170 valence electrons. The van der Waals surface area contributed by atoms with Gasteiger partial charge in [-0.25, -0.2) is 4.79 Å². The number of ether oxygens (including phenoxy) is 2. The van der Waals surface area contributed by atoms with E-state index in [1.807, 2.05) is 6.92 Å². The van der Waals surface area contributed by atoms with E-state index in [9.17, 15) is 14.4 Å². The maximum Gasteiger partial charge on any atom is 0.332 e. The average molecular weight is 466 g/mol. The van der Waals surface area contributed by atoms with Crippen LogP contribution in [0.2, 0.25) is 0 Å². The topological polar surface area (TPSA) is 91.6 Å². The molecule has 0 fully saturated rings. The van der Waals surface area contributed by atoms with Crippen LogP contribution in [-0.2, 0) is 17.9 Å². The van der Waals surface area contributed by atoms with Crippen molar-refractivity contribution in [2.24, 2.45) is 0 Å². The summed E-state index contributed by atoms with van der Waals surface area (Å²) in [6.07, 6.45) is 0. The van der Waals surface area contributed by atoms with Crippen LogP contribution in [0.5, 0.6) is 11.5 Å². The van der Waals surface area contributed by atoms with Crippen molar-refractivity contribution in [3.8, 4) is 11.5 Å². The number of fused-ring (bicyclic) bond motifs is 1. The number of nitrogens with one attached hydrogen (secondary N) is 1. The van der Waals surface area contributed by atoms with Gasteiger partial charge in [0.05, 0.1) is 25.8 Å². The second-order valence-corrected chi connectivity index (χ2v) is 8.16. The second-order valence-electron chi connectivity index (χ2n) is 7.25. The summed E-state index contributed by atoms with van der Waals surface area (Å²) in [5.41, 5.74) is 0.899. The number of amides is 1. The molecule has 4 rings (SSSR count). The molecule has 0 aliphatic heterocycles. The van der Waals surface area contributed by atoms with Crippen molar-refractivity contribution < 1.29 is 14.3 Å². The fourth-order valence-corrected chi connectivity index (χ4v) is 4.33. The van der Waals surface area contributed by atoms with Crippen molar-refractivity contribution >= 4 is 33.1 Å². The molecule has 2 heterocycles. The fourth-order valence-electron chi connectivity index (χ4n) is 3.48. The predicted octanol–water partition coefficient (Wildman–Crippen LogP) is 3.32. The van der Waals surface area contributed by atoms with E-state index in [2.05, 4.69) is 5.32 Å². The van der Waals surface area contributed by atoms with Crippen LogP contribution in [0.3, 0.4) is 0 Å². The number of carbonyl (C=O) groups is 1. The van der Waals surface area contributed by atoms with Crippen molar-refractivity contribution in [2.45, 2.75) is 20.0 Å². The highest BCUT2D eigenvalue weighted by molar-refractivity contribution is 7.17. The molecular formula is C24H23N3O5S. The van der Waals surface area contributed by atoms with E-state index in [0.717, 1.165) is 10.1 Å². The van der Waals surface area contributed by atoms with Gasteiger partial charge in [-0.3, -0.25) is 18.7 Å². The van der Waals surface area contributed by atoms with Crippen LogP contribution in [0.1, 0.15) is 12.5 Å². The quantitative estimate of drug-likeness (QED) is 0.431. The van der Waals surface area contributed by atoms with E-state index < -0.39 is 5.69 Å². The number of hydrogen-bond donors (Lipinski definition) is 1. The van der Waals surface area contributed by atoms with Crippen LogP contribution in [0, 0.1) is 0 Å². The molecule has 0 atom stereocenters. The Labute approximate surface area is 193 Å². The second kappa shape index (κ2) is 9.74. The van der Waals surface area contributed by atoms with Crippen LogP contribution >= 0.6 is 11.3 Å². The molecular weight excluding hydrogens is 442 g/mol. The Kier molecular flexibility index (Phi) is 6.60. The maximum atomic E-state index is 13.2. The summed E-state index contributed by atoms with van der Waals surface area (Å²) in [4.78, 5) is 39.0. The van der Waals surface area contributed by atoms with Crippen molar-refractivity contribution in [3.63, 3.8) is 0 Å². The lowest BCUT2D eigenvalue weighted by Gasteiger charge is -2.13. The highest BCUT2D eigenvalue weighted by atomic mass is 32.1. The highest BCUT2D eigenvalue weighted by Crippen LogP contribution is 2.18. The summed E-state index contributed by atoms with van der Waals surface area (Å²) >= 11 is 1.25. The van der Waals surface area contributed by atoms with E-state index in [-0.39, 0.29) is 24.6 Å². The normalized spacial score (nSPS) is 10.8. The van der Waals surface area contributed by atoms with Gasteiger partial charge in [0.15, 0.2) is 0 Å². The Hall–Kier alpha value is -3.85. The first-order chi connectivity index (χ1) is 16.0. The first-order valence-electron chi connectivity index (χ1n) is 10.4. The molecule has 1 N–H and O–H groups in total. The van der Waals surface area contributed by atoms with Gasteiger partial charge in [-0.2, -0.15) is 0 Å². The predicted molar refractivity (Wildman–Crippen MR) is 129 cm³/mol. The first kappa shape index (κ1) is 22.3. The van der Waals surface area contributed by atoms with Crippen molar-refractivity contribution in [1.82, 2.24) is 9.13 Å². The van der Waals surface area contributed by atoms with Gasteiger partial charge in [-0.1, -0.05) is 12.1 Å². The molecule has 4 aromatic rings. The summed E-state index contributed by atoms with van der Waals surface area (Å²) in [6.45, 7) is 2.32. The Morgan fingerprint density at radius 2 is 1.67 bits per heavy atom. The zero-order chi connectivity index (χ0) is 23.4. The Morgan fingerprint density at radius 3 is 2.33 bits per heavy atom. The Bertz CT molecular complexity index is 1390. The summed E-state index contributed by atoms with van der Waals surface area (Å²) in [6, 6.07) is 15.8. The van der Waals surface area contributed by atoms with Gasteiger partial charge in [0, 0.05) is 5.69 Å². The standard InChI is InChI=1S/C24H23N3O5S/c1-3-32-19-10-6-17(7-11-19)25-21(28)15-26-20-12-13-33-22(20)23(29)27(24(26)30)14-16-4-8-18(31-2)9-5-16/h4-13H,3,14-15H2,1-2H3,(H,25,28). The lowest BCUT2D eigenvalue weighted by Crippen LogP contribution is -2.41. The Balaban J connectivity index is 1.62. The Morgan fingerprint density at radius 1 is 0.970 bits per heavy atom.